The van der Waals surface area contributed by atoms with Crippen molar-refractivity contribution in [3.05, 3.63) is 22.6 Å². The van der Waals surface area contributed by atoms with Gasteiger partial charge in [0.2, 0.25) is 0 Å². The summed E-state index contributed by atoms with van der Waals surface area (Å²) in [6.45, 7) is 0. The van der Waals surface area contributed by atoms with E-state index in [1.807, 2.05) is 0 Å². The van der Waals surface area contributed by atoms with Gasteiger partial charge in [0, 0.05) is 0 Å². The highest BCUT2D eigenvalue weighted by Crippen LogP contribution is 2.12. The topological polar surface area (TPSA) is 125 Å². The smallest absolute Gasteiger partial charge is 0.394 e. The quantitative estimate of drug-likeness (QED) is 0.561. The van der Waals surface area contributed by atoms with Gasteiger partial charge in [-0.2, -0.15) is 5.16 Å². The van der Waals surface area contributed by atoms with Gasteiger partial charge in [0.25, 0.3) is 11.3 Å². The Balaban J connectivity index is 2.39. The minimum absolute atomic E-state index is 0.0818. The van der Waals surface area contributed by atoms with E-state index >= 15 is 0 Å². The zero-order chi connectivity index (χ0) is 11.7. The molecule has 8 nitrogen and oxygen atoms in total. The van der Waals surface area contributed by atoms with Crippen LogP contribution in [0.5, 0.6) is 0 Å². The van der Waals surface area contributed by atoms with Crippen molar-refractivity contribution < 1.29 is 19.2 Å². The predicted octanol–water partition coefficient (Wildman–Crippen LogP) is -0.461. The maximum absolute atomic E-state index is 11.1. The van der Waals surface area contributed by atoms with Crippen LogP contribution in [-0.4, -0.2) is 27.1 Å². The molecule has 2 aromatic rings. The van der Waals surface area contributed by atoms with Crippen LogP contribution in [-0.2, 0) is 9.59 Å². The summed E-state index contributed by atoms with van der Waals surface area (Å²) in [5, 5.41) is 12.6. The van der Waals surface area contributed by atoms with Crippen LogP contribution in [0.4, 0.5) is 5.69 Å². The molecule has 2 rings (SSSR count). The third-order valence-electron chi connectivity index (χ3n) is 1.79. The summed E-state index contributed by atoms with van der Waals surface area (Å²) in [4.78, 5) is 35.9. The van der Waals surface area contributed by atoms with E-state index < -0.39 is 17.4 Å². The zero-order valence-corrected chi connectivity index (χ0v) is 7.68. The standard InChI is InChI=1S/C8H5N3O5/c12-5-4-1-3(10-6(13)8(14)15)2-9-7(4)16-11-5/h1-2H,(H,10,13)(H,11,12)(H,14,15). The first-order valence-electron chi connectivity index (χ1n) is 4.09. The highest BCUT2D eigenvalue weighted by molar-refractivity contribution is 6.36. The Bertz CT molecular complexity index is 626. The Morgan fingerprint density at radius 1 is 1.50 bits per heavy atom. The molecule has 0 spiro atoms. The number of carbonyl (C=O) groups is 2. The van der Waals surface area contributed by atoms with E-state index in [0.29, 0.717) is 0 Å². The summed E-state index contributed by atoms with van der Waals surface area (Å²) in [6.07, 6.45) is 1.18. The lowest BCUT2D eigenvalue weighted by atomic mass is 10.3. The molecule has 0 unspecified atom stereocenters. The molecule has 8 heteroatoms. The SMILES string of the molecule is O=C(O)C(=O)Nc1cnc2o[nH]c(=O)c2c1. The number of fused-ring (bicyclic) bond motifs is 1. The fourth-order valence-electron chi connectivity index (χ4n) is 1.10. The zero-order valence-electron chi connectivity index (χ0n) is 7.68. The predicted molar refractivity (Wildman–Crippen MR) is 50.9 cm³/mol. The van der Waals surface area contributed by atoms with Gasteiger partial charge in [0.15, 0.2) is 0 Å². The van der Waals surface area contributed by atoms with Crippen molar-refractivity contribution in [3.8, 4) is 0 Å². The first kappa shape index (κ1) is 9.90. The van der Waals surface area contributed by atoms with Gasteiger partial charge in [0.1, 0.15) is 5.39 Å². The largest absolute Gasteiger partial charge is 0.474 e. The lowest BCUT2D eigenvalue weighted by Gasteiger charge is -1.99. The Morgan fingerprint density at radius 3 is 2.94 bits per heavy atom. The molecule has 0 aliphatic carbocycles. The first-order chi connectivity index (χ1) is 7.58. The summed E-state index contributed by atoms with van der Waals surface area (Å²) >= 11 is 0. The fraction of sp³-hybridized carbons (Fsp3) is 0. The Kier molecular flexibility index (Phi) is 2.16. The fourth-order valence-corrected chi connectivity index (χ4v) is 1.10. The van der Waals surface area contributed by atoms with Gasteiger partial charge in [-0.25, -0.2) is 9.78 Å². The Morgan fingerprint density at radius 2 is 2.25 bits per heavy atom. The summed E-state index contributed by atoms with van der Waals surface area (Å²) in [6, 6.07) is 1.27. The van der Waals surface area contributed by atoms with Gasteiger partial charge in [-0.1, -0.05) is 0 Å². The maximum Gasteiger partial charge on any atom is 0.394 e. The van der Waals surface area contributed by atoms with Gasteiger partial charge < -0.3 is 14.9 Å². The lowest BCUT2D eigenvalue weighted by molar-refractivity contribution is -0.147. The lowest BCUT2D eigenvalue weighted by Crippen LogP contribution is -2.21. The number of hydrogen-bond donors (Lipinski definition) is 3. The minimum Gasteiger partial charge on any atom is -0.474 e. The van der Waals surface area contributed by atoms with Crippen molar-refractivity contribution in [3.63, 3.8) is 0 Å². The molecule has 0 aliphatic rings. The number of aromatic amines is 1. The second-order valence-electron chi connectivity index (χ2n) is 2.87. The van der Waals surface area contributed by atoms with Crippen molar-refractivity contribution in [2.45, 2.75) is 0 Å². The highest BCUT2D eigenvalue weighted by Gasteiger charge is 2.12. The number of aromatic nitrogens is 2. The van der Waals surface area contributed by atoms with Gasteiger partial charge in [-0.3, -0.25) is 9.59 Å². The molecular weight excluding hydrogens is 218 g/mol. The molecular formula is C8H5N3O5. The number of amides is 1. The third kappa shape index (κ3) is 1.63. The van der Waals surface area contributed by atoms with E-state index in [4.69, 9.17) is 5.11 Å². The Labute approximate surface area is 86.9 Å². The van der Waals surface area contributed by atoms with Crippen LogP contribution in [0.2, 0.25) is 0 Å². The number of H-pyrrole nitrogens is 1. The minimum atomic E-state index is -1.62. The summed E-state index contributed by atoms with van der Waals surface area (Å²) in [7, 11) is 0. The molecule has 2 heterocycles. The third-order valence-corrected chi connectivity index (χ3v) is 1.79. The number of nitrogens with one attached hydrogen (secondary N) is 2. The molecule has 0 radical (unpaired) electrons. The van der Waals surface area contributed by atoms with Gasteiger partial charge in [0.05, 0.1) is 11.9 Å². The van der Waals surface area contributed by atoms with Crippen molar-refractivity contribution in [1.29, 1.82) is 0 Å². The summed E-state index contributed by atoms with van der Waals surface area (Å²) in [5.74, 6) is -2.83. The number of aliphatic carboxylic acids is 1. The van der Waals surface area contributed by atoms with E-state index in [0.717, 1.165) is 0 Å². The van der Waals surface area contributed by atoms with Crippen LogP contribution >= 0.6 is 0 Å². The number of anilines is 1. The second kappa shape index (κ2) is 3.50. The molecule has 0 bridgehead atoms. The Hall–Kier alpha value is -2.64. The van der Waals surface area contributed by atoms with E-state index in [2.05, 4.69) is 20.0 Å². The molecule has 0 saturated heterocycles. The van der Waals surface area contributed by atoms with Crippen LogP contribution in [0.1, 0.15) is 0 Å². The highest BCUT2D eigenvalue weighted by atomic mass is 16.5. The van der Waals surface area contributed by atoms with E-state index in [1.165, 1.54) is 12.3 Å². The van der Waals surface area contributed by atoms with E-state index in [9.17, 15) is 14.4 Å². The normalized spacial score (nSPS) is 10.2. The second-order valence-corrected chi connectivity index (χ2v) is 2.87. The van der Waals surface area contributed by atoms with Gasteiger partial charge >= 0.3 is 11.9 Å². The molecule has 0 aromatic carbocycles. The molecule has 16 heavy (non-hydrogen) atoms. The van der Waals surface area contributed by atoms with E-state index in [1.54, 1.807) is 0 Å². The van der Waals surface area contributed by atoms with Crippen molar-refractivity contribution in [2.75, 3.05) is 5.32 Å². The summed E-state index contributed by atoms with van der Waals surface area (Å²) in [5.41, 5.74) is -0.320. The first-order valence-corrected chi connectivity index (χ1v) is 4.09. The van der Waals surface area contributed by atoms with Crippen LogP contribution in [0.25, 0.3) is 11.1 Å². The number of rotatable bonds is 1. The summed E-state index contributed by atoms with van der Waals surface area (Å²) < 4.78 is 4.68. The number of nitrogens with zero attached hydrogens (tertiary/aromatic N) is 1. The van der Waals surface area contributed by atoms with Crippen LogP contribution < -0.4 is 10.9 Å². The van der Waals surface area contributed by atoms with E-state index in [-0.39, 0.29) is 16.8 Å². The van der Waals surface area contributed by atoms with Gasteiger partial charge in [-0.05, 0) is 6.07 Å². The van der Waals surface area contributed by atoms with Crippen molar-refractivity contribution >= 4 is 28.7 Å². The average Bonchev–Trinajstić information content (AvgIpc) is 2.60. The number of carbonyl (C=O) groups excluding carboxylic acids is 1. The number of carboxylic acids is 1. The van der Waals surface area contributed by atoms with Gasteiger partial charge in [-0.15, -0.1) is 0 Å². The van der Waals surface area contributed by atoms with Crippen molar-refractivity contribution in [2.24, 2.45) is 0 Å². The van der Waals surface area contributed by atoms with Crippen LogP contribution in [0.15, 0.2) is 21.6 Å². The van der Waals surface area contributed by atoms with Crippen LogP contribution in [0.3, 0.4) is 0 Å². The molecule has 82 valence electrons. The number of carboxylic acid groups (broad SMARTS) is 1. The molecule has 0 fully saturated rings. The number of pyridine rings is 1. The molecule has 0 saturated carbocycles. The van der Waals surface area contributed by atoms with Crippen LogP contribution in [0, 0.1) is 0 Å². The molecule has 0 aliphatic heterocycles. The monoisotopic (exact) mass is 223 g/mol. The molecule has 1 amide bonds. The number of hydrogen-bond acceptors (Lipinski definition) is 5. The molecule has 2 aromatic heterocycles. The molecule has 3 N–H and O–H groups in total. The molecule has 0 atom stereocenters. The maximum atomic E-state index is 11.1. The average molecular weight is 223 g/mol. The van der Waals surface area contributed by atoms with Crippen molar-refractivity contribution in [1.82, 2.24) is 10.1 Å².